The van der Waals surface area contributed by atoms with E-state index in [1.165, 1.54) is 5.56 Å². The fourth-order valence-corrected chi connectivity index (χ4v) is 2.40. The zero-order valence-corrected chi connectivity index (χ0v) is 11.0. The Morgan fingerprint density at radius 2 is 2.18 bits per heavy atom. The van der Waals surface area contributed by atoms with Crippen molar-refractivity contribution >= 4 is 11.3 Å². The molecule has 1 aromatic heterocycles. The fraction of sp³-hybridized carbons (Fsp3) is 0.385. The Labute approximate surface area is 106 Å². The van der Waals surface area contributed by atoms with Gasteiger partial charge in [-0.05, 0) is 26.0 Å². The molecule has 3 nitrogen and oxygen atoms in total. The van der Waals surface area contributed by atoms with Gasteiger partial charge in [-0.2, -0.15) is 0 Å². The molecule has 0 fully saturated rings. The maximum atomic E-state index is 4.23. The van der Waals surface area contributed by atoms with Gasteiger partial charge in [-0.15, -0.1) is 10.2 Å². The number of aromatic nitrogens is 2. The lowest BCUT2D eigenvalue weighted by Gasteiger charge is -1.97. The predicted molar refractivity (Wildman–Crippen MR) is 72.1 cm³/mol. The summed E-state index contributed by atoms with van der Waals surface area (Å²) in [5.41, 5.74) is 2.41. The van der Waals surface area contributed by atoms with Crippen LogP contribution in [0.25, 0.3) is 10.6 Å². The molecule has 0 aliphatic rings. The van der Waals surface area contributed by atoms with Gasteiger partial charge in [0.15, 0.2) is 0 Å². The Morgan fingerprint density at radius 3 is 2.94 bits per heavy atom. The van der Waals surface area contributed by atoms with Gasteiger partial charge < -0.3 is 5.32 Å². The van der Waals surface area contributed by atoms with Crippen LogP contribution in [-0.2, 0) is 6.54 Å². The highest BCUT2D eigenvalue weighted by molar-refractivity contribution is 7.14. The zero-order chi connectivity index (χ0) is 12.1. The molecular weight excluding hydrogens is 230 g/mol. The van der Waals surface area contributed by atoms with Gasteiger partial charge in [0, 0.05) is 12.1 Å². The Morgan fingerprint density at radius 1 is 1.29 bits per heavy atom. The Balaban J connectivity index is 2.07. The second-order valence-corrected chi connectivity index (χ2v) is 5.11. The lowest BCUT2D eigenvalue weighted by atomic mass is 10.1. The molecule has 0 saturated carbocycles. The van der Waals surface area contributed by atoms with Crippen LogP contribution >= 0.6 is 11.3 Å². The molecule has 4 heteroatoms. The maximum Gasteiger partial charge on any atom is 0.147 e. The summed E-state index contributed by atoms with van der Waals surface area (Å²) in [6.07, 6.45) is 1.14. The number of hydrogen-bond donors (Lipinski definition) is 1. The van der Waals surface area contributed by atoms with Crippen molar-refractivity contribution < 1.29 is 0 Å². The van der Waals surface area contributed by atoms with E-state index >= 15 is 0 Å². The fourth-order valence-electron chi connectivity index (χ4n) is 1.59. The molecule has 1 aromatic carbocycles. The first kappa shape index (κ1) is 12.2. The number of rotatable bonds is 5. The van der Waals surface area contributed by atoms with Crippen molar-refractivity contribution in [1.29, 1.82) is 0 Å². The number of nitrogens with one attached hydrogen (secondary N) is 1. The maximum absolute atomic E-state index is 4.23. The van der Waals surface area contributed by atoms with E-state index in [0.717, 1.165) is 35.1 Å². The molecule has 2 aromatic rings. The highest BCUT2D eigenvalue weighted by Crippen LogP contribution is 2.23. The highest BCUT2D eigenvalue weighted by atomic mass is 32.1. The van der Waals surface area contributed by atoms with E-state index in [9.17, 15) is 0 Å². The molecule has 0 radical (unpaired) electrons. The van der Waals surface area contributed by atoms with E-state index < -0.39 is 0 Å². The van der Waals surface area contributed by atoms with Crippen LogP contribution in [0.3, 0.4) is 0 Å². The van der Waals surface area contributed by atoms with Crippen LogP contribution < -0.4 is 5.32 Å². The summed E-state index contributed by atoms with van der Waals surface area (Å²) < 4.78 is 0. The highest BCUT2D eigenvalue weighted by Gasteiger charge is 2.05. The summed E-state index contributed by atoms with van der Waals surface area (Å²) in [6, 6.07) is 8.37. The van der Waals surface area contributed by atoms with Crippen molar-refractivity contribution in [2.24, 2.45) is 0 Å². The molecule has 0 aliphatic heterocycles. The Bertz CT molecular complexity index is 479. The van der Waals surface area contributed by atoms with Gasteiger partial charge in [0.1, 0.15) is 10.0 Å². The predicted octanol–water partition coefficient (Wildman–Crippen LogP) is 3.01. The van der Waals surface area contributed by atoms with Crippen molar-refractivity contribution in [1.82, 2.24) is 15.5 Å². The minimum atomic E-state index is 0.817. The van der Waals surface area contributed by atoms with Crippen LogP contribution in [0.15, 0.2) is 24.3 Å². The second kappa shape index (κ2) is 5.89. The van der Waals surface area contributed by atoms with E-state index in [2.05, 4.69) is 53.6 Å². The monoisotopic (exact) mass is 247 g/mol. The molecule has 0 amide bonds. The molecule has 1 N–H and O–H groups in total. The molecule has 90 valence electrons. The average molecular weight is 247 g/mol. The summed E-state index contributed by atoms with van der Waals surface area (Å²) in [7, 11) is 0. The second-order valence-electron chi connectivity index (χ2n) is 4.05. The molecule has 0 saturated heterocycles. The topological polar surface area (TPSA) is 37.8 Å². The summed E-state index contributed by atoms with van der Waals surface area (Å²) in [5, 5.41) is 13.8. The Kier molecular flexibility index (Phi) is 4.23. The van der Waals surface area contributed by atoms with E-state index in [-0.39, 0.29) is 0 Å². The van der Waals surface area contributed by atoms with E-state index in [1.54, 1.807) is 11.3 Å². The number of aryl methyl sites for hydroxylation is 1. The minimum Gasteiger partial charge on any atom is -0.310 e. The molecule has 1 heterocycles. The van der Waals surface area contributed by atoms with Gasteiger partial charge in [-0.25, -0.2) is 0 Å². The molecule has 0 bridgehead atoms. The molecule has 17 heavy (non-hydrogen) atoms. The molecule has 0 spiro atoms. The number of hydrogen-bond acceptors (Lipinski definition) is 4. The molecule has 2 rings (SSSR count). The lowest BCUT2D eigenvalue weighted by Crippen LogP contribution is -2.13. The van der Waals surface area contributed by atoms with Crippen LogP contribution in [0.5, 0.6) is 0 Å². The summed E-state index contributed by atoms with van der Waals surface area (Å²) in [5.74, 6) is 0. The lowest BCUT2D eigenvalue weighted by molar-refractivity contribution is 0.668. The quantitative estimate of drug-likeness (QED) is 0.825. The molecular formula is C13H17N3S. The average Bonchev–Trinajstić information content (AvgIpc) is 2.78. The van der Waals surface area contributed by atoms with Crippen molar-refractivity contribution in [3.05, 3.63) is 34.8 Å². The first-order valence-corrected chi connectivity index (χ1v) is 6.71. The van der Waals surface area contributed by atoms with Gasteiger partial charge in [0.2, 0.25) is 0 Å². The SMILES string of the molecule is CCCNCc1nnc(-c2cccc(C)c2)s1. The standard InChI is InChI=1S/C13H17N3S/c1-3-7-14-9-12-15-16-13(17-12)11-6-4-5-10(2)8-11/h4-6,8,14H,3,7,9H2,1-2H3. The van der Waals surface area contributed by atoms with Crippen LogP contribution in [-0.4, -0.2) is 16.7 Å². The Hall–Kier alpha value is -1.26. The summed E-state index contributed by atoms with van der Waals surface area (Å²) >= 11 is 1.66. The first-order chi connectivity index (χ1) is 8.29. The van der Waals surface area contributed by atoms with Crippen LogP contribution in [0.4, 0.5) is 0 Å². The van der Waals surface area contributed by atoms with Crippen LogP contribution in [0.1, 0.15) is 23.9 Å². The van der Waals surface area contributed by atoms with Gasteiger partial charge in [-0.1, -0.05) is 42.0 Å². The smallest absolute Gasteiger partial charge is 0.147 e. The van der Waals surface area contributed by atoms with Crippen LogP contribution in [0.2, 0.25) is 0 Å². The summed E-state index contributed by atoms with van der Waals surface area (Å²) in [4.78, 5) is 0. The van der Waals surface area contributed by atoms with E-state index in [4.69, 9.17) is 0 Å². The molecule has 0 aliphatic carbocycles. The van der Waals surface area contributed by atoms with Crippen molar-refractivity contribution in [3.63, 3.8) is 0 Å². The first-order valence-electron chi connectivity index (χ1n) is 5.89. The van der Waals surface area contributed by atoms with Crippen molar-refractivity contribution in [3.8, 4) is 10.6 Å². The zero-order valence-electron chi connectivity index (χ0n) is 10.2. The number of benzene rings is 1. The normalized spacial score (nSPS) is 10.7. The van der Waals surface area contributed by atoms with Crippen LogP contribution in [0, 0.1) is 6.92 Å². The third kappa shape index (κ3) is 3.35. The largest absolute Gasteiger partial charge is 0.310 e. The van der Waals surface area contributed by atoms with Gasteiger partial charge >= 0.3 is 0 Å². The van der Waals surface area contributed by atoms with E-state index in [1.807, 2.05) is 0 Å². The summed E-state index contributed by atoms with van der Waals surface area (Å²) in [6.45, 7) is 6.09. The minimum absolute atomic E-state index is 0.817. The van der Waals surface area contributed by atoms with Gasteiger partial charge in [0.25, 0.3) is 0 Å². The third-order valence-corrected chi connectivity index (χ3v) is 3.41. The number of nitrogens with zero attached hydrogens (tertiary/aromatic N) is 2. The van der Waals surface area contributed by atoms with Gasteiger partial charge in [-0.3, -0.25) is 0 Å². The van der Waals surface area contributed by atoms with Gasteiger partial charge in [0.05, 0.1) is 0 Å². The van der Waals surface area contributed by atoms with Crippen molar-refractivity contribution in [2.75, 3.05) is 6.54 Å². The molecule has 0 unspecified atom stereocenters. The van der Waals surface area contributed by atoms with E-state index in [0.29, 0.717) is 0 Å². The van der Waals surface area contributed by atoms with Crippen molar-refractivity contribution in [2.45, 2.75) is 26.8 Å². The molecule has 0 atom stereocenters. The third-order valence-electron chi connectivity index (χ3n) is 2.43.